The van der Waals surface area contributed by atoms with Gasteiger partial charge in [0.1, 0.15) is 12.1 Å². The maximum absolute atomic E-state index is 12.8. The van der Waals surface area contributed by atoms with Gasteiger partial charge in [0.2, 0.25) is 0 Å². The van der Waals surface area contributed by atoms with Crippen LogP contribution in [0.15, 0.2) is 29.0 Å². The second-order valence-corrected chi connectivity index (χ2v) is 3.00. The zero-order valence-corrected chi connectivity index (χ0v) is 7.41. The Morgan fingerprint density at radius 2 is 2.08 bits per heavy atom. The second kappa shape index (κ2) is 3.76. The highest BCUT2D eigenvalue weighted by Gasteiger charge is 2.07. The van der Waals surface area contributed by atoms with Crippen molar-refractivity contribution in [2.24, 2.45) is 0 Å². The van der Waals surface area contributed by atoms with Gasteiger partial charge < -0.3 is 0 Å². The molecule has 0 radical (unpaired) electrons. The topological polar surface area (TPSA) is 0 Å². The van der Waals surface area contributed by atoms with Crippen LogP contribution in [0.25, 0.3) is 5.83 Å². The van der Waals surface area contributed by atoms with Crippen molar-refractivity contribution >= 4 is 21.8 Å². The number of benzene rings is 1. The number of hydrogen-bond donors (Lipinski definition) is 0. The zero-order chi connectivity index (χ0) is 9.14. The van der Waals surface area contributed by atoms with Crippen LogP contribution in [0.3, 0.4) is 0 Å². The van der Waals surface area contributed by atoms with Gasteiger partial charge >= 0.3 is 0 Å². The molecule has 64 valence electrons. The van der Waals surface area contributed by atoms with Gasteiger partial charge in [-0.3, -0.25) is 0 Å². The monoisotopic (exact) mass is 236 g/mol. The fraction of sp³-hybridized carbons (Fsp3) is 0. The fourth-order valence-electron chi connectivity index (χ4n) is 0.742. The van der Waals surface area contributed by atoms with E-state index < -0.39 is 11.6 Å². The molecule has 0 heterocycles. The highest BCUT2D eigenvalue weighted by atomic mass is 79.9. The van der Waals surface area contributed by atoms with Gasteiger partial charge in [-0.25, -0.2) is 13.2 Å². The molecule has 0 aliphatic heterocycles. The van der Waals surface area contributed by atoms with Gasteiger partial charge in [0, 0.05) is 10.0 Å². The molecule has 0 aliphatic carbocycles. The summed E-state index contributed by atoms with van der Waals surface area (Å²) in [5.74, 6) is -2.00. The van der Waals surface area contributed by atoms with E-state index in [-0.39, 0.29) is 11.9 Å². The normalized spacial score (nSPS) is 11.8. The SMILES string of the molecule is FC=C(F)c1ccc(Br)cc1F. The van der Waals surface area contributed by atoms with Crippen LogP contribution in [-0.2, 0) is 0 Å². The van der Waals surface area contributed by atoms with Crippen molar-refractivity contribution in [3.05, 3.63) is 40.4 Å². The van der Waals surface area contributed by atoms with Gasteiger partial charge in [0.05, 0.1) is 0 Å². The Balaban J connectivity index is 3.18. The van der Waals surface area contributed by atoms with Crippen molar-refractivity contribution < 1.29 is 13.2 Å². The predicted molar refractivity (Wildman–Crippen MR) is 44.3 cm³/mol. The Kier molecular flexibility index (Phi) is 2.92. The van der Waals surface area contributed by atoms with Gasteiger partial charge in [-0.05, 0) is 18.2 Å². The lowest BCUT2D eigenvalue weighted by Gasteiger charge is -1.98. The van der Waals surface area contributed by atoms with Crippen molar-refractivity contribution in [1.29, 1.82) is 0 Å². The van der Waals surface area contributed by atoms with E-state index in [9.17, 15) is 13.2 Å². The van der Waals surface area contributed by atoms with E-state index in [1.165, 1.54) is 6.07 Å². The van der Waals surface area contributed by atoms with Crippen molar-refractivity contribution in [1.82, 2.24) is 0 Å². The van der Waals surface area contributed by atoms with E-state index in [1.807, 2.05) is 0 Å². The summed E-state index contributed by atoms with van der Waals surface area (Å²) in [5, 5.41) is 0. The highest BCUT2D eigenvalue weighted by Crippen LogP contribution is 2.22. The molecule has 0 fully saturated rings. The summed E-state index contributed by atoms with van der Waals surface area (Å²) in [6, 6.07) is 3.66. The third kappa shape index (κ3) is 1.88. The standard InChI is InChI=1S/C8H4BrF3/c9-5-1-2-6(7(11)3-5)8(12)4-10/h1-4H. The lowest BCUT2D eigenvalue weighted by atomic mass is 10.2. The molecule has 1 aromatic carbocycles. The molecule has 0 saturated carbocycles. The molecule has 0 atom stereocenters. The number of hydrogen-bond acceptors (Lipinski definition) is 0. The average Bonchev–Trinajstić information content (AvgIpc) is 2.03. The predicted octanol–water partition coefficient (Wildman–Crippen LogP) is 3.83. The molecule has 0 saturated heterocycles. The van der Waals surface area contributed by atoms with E-state index in [1.54, 1.807) is 0 Å². The minimum Gasteiger partial charge on any atom is -0.212 e. The van der Waals surface area contributed by atoms with Crippen molar-refractivity contribution in [2.75, 3.05) is 0 Å². The van der Waals surface area contributed by atoms with E-state index in [2.05, 4.69) is 15.9 Å². The molecule has 0 aliphatic rings. The molecule has 12 heavy (non-hydrogen) atoms. The van der Waals surface area contributed by atoms with Gasteiger partial charge in [0.25, 0.3) is 0 Å². The molecule has 0 nitrogen and oxygen atoms in total. The van der Waals surface area contributed by atoms with Gasteiger partial charge in [-0.1, -0.05) is 15.9 Å². The third-order valence-electron chi connectivity index (χ3n) is 1.28. The lowest BCUT2D eigenvalue weighted by molar-refractivity contribution is 0.607. The van der Waals surface area contributed by atoms with Crippen LogP contribution in [0.1, 0.15) is 5.56 Å². The van der Waals surface area contributed by atoms with E-state index in [0.717, 1.165) is 12.1 Å². The Hall–Kier alpha value is -0.770. The molecule has 0 N–H and O–H groups in total. The Morgan fingerprint density at radius 1 is 1.42 bits per heavy atom. The molecule has 0 unspecified atom stereocenters. The number of rotatable bonds is 1. The maximum atomic E-state index is 12.8. The van der Waals surface area contributed by atoms with Gasteiger partial charge in [0.15, 0.2) is 5.83 Å². The summed E-state index contributed by atoms with van der Waals surface area (Å²) in [4.78, 5) is 0. The Bertz CT molecular complexity index is 320. The maximum Gasteiger partial charge on any atom is 0.161 e. The molecule has 1 rings (SSSR count). The third-order valence-corrected chi connectivity index (χ3v) is 1.78. The summed E-state index contributed by atoms with van der Waals surface area (Å²) in [5.41, 5.74) is -0.374. The first-order valence-electron chi connectivity index (χ1n) is 3.06. The molecule has 0 aromatic heterocycles. The lowest BCUT2D eigenvalue weighted by Crippen LogP contribution is -1.84. The largest absolute Gasteiger partial charge is 0.212 e. The van der Waals surface area contributed by atoms with Crippen LogP contribution >= 0.6 is 15.9 Å². The molecular weight excluding hydrogens is 233 g/mol. The van der Waals surface area contributed by atoms with Crippen LogP contribution in [0.5, 0.6) is 0 Å². The van der Waals surface area contributed by atoms with Gasteiger partial charge in [-0.2, -0.15) is 0 Å². The summed E-state index contributed by atoms with van der Waals surface area (Å²) in [6.45, 7) is 0. The summed E-state index contributed by atoms with van der Waals surface area (Å²) in [7, 11) is 0. The summed E-state index contributed by atoms with van der Waals surface area (Å²) < 4.78 is 37.4. The Morgan fingerprint density at radius 3 is 2.58 bits per heavy atom. The number of halogens is 4. The average molecular weight is 237 g/mol. The van der Waals surface area contributed by atoms with Crippen LogP contribution in [0.2, 0.25) is 0 Å². The highest BCUT2D eigenvalue weighted by molar-refractivity contribution is 9.10. The van der Waals surface area contributed by atoms with Crippen molar-refractivity contribution in [3.8, 4) is 0 Å². The van der Waals surface area contributed by atoms with E-state index in [4.69, 9.17) is 0 Å². The first-order valence-corrected chi connectivity index (χ1v) is 3.85. The van der Waals surface area contributed by atoms with Crippen LogP contribution in [0, 0.1) is 5.82 Å². The Labute approximate surface area is 75.8 Å². The molecule has 0 bridgehead atoms. The molecular formula is C8H4BrF3. The van der Waals surface area contributed by atoms with E-state index in [0.29, 0.717) is 4.47 Å². The van der Waals surface area contributed by atoms with Crippen LogP contribution < -0.4 is 0 Å². The van der Waals surface area contributed by atoms with E-state index >= 15 is 0 Å². The molecule has 0 amide bonds. The smallest absolute Gasteiger partial charge is 0.161 e. The van der Waals surface area contributed by atoms with Crippen LogP contribution in [0.4, 0.5) is 13.2 Å². The summed E-state index contributed by atoms with van der Waals surface area (Å²) >= 11 is 2.99. The fourth-order valence-corrected chi connectivity index (χ4v) is 1.08. The molecule has 0 spiro atoms. The minimum absolute atomic E-state index is 0.272. The minimum atomic E-state index is -1.21. The molecule has 1 aromatic rings. The van der Waals surface area contributed by atoms with Crippen molar-refractivity contribution in [2.45, 2.75) is 0 Å². The van der Waals surface area contributed by atoms with Gasteiger partial charge in [-0.15, -0.1) is 0 Å². The molecule has 4 heteroatoms. The summed E-state index contributed by atoms with van der Waals surface area (Å²) in [6.07, 6.45) is -0.272. The van der Waals surface area contributed by atoms with Crippen LogP contribution in [-0.4, -0.2) is 0 Å². The second-order valence-electron chi connectivity index (χ2n) is 2.08. The first-order chi connectivity index (χ1) is 5.65. The quantitative estimate of drug-likeness (QED) is 0.696. The van der Waals surface area contributed by atoms with Crippen molar-refractivity contribution in [3.63, 3.8) is 0 Å². The first kappa shape index (κ1) is 9.32. The zero-order valence-electron chi connectivity index (χ0n) is 5.82.